The van der Waals surface area contributed by atoms with Crippen LogP contribution in [0.1, 0.15) is 32.3 Å². The minimum Gasteiger partial charge on any atom is -0.480 e. The summed E-state index contributed by atoms with van der Waals surface area (Å²) in [5.41, 5.74) is 1.23. The fraction of sp³-hybridized carbons (Fsp3) is 0.526. The van der Waals surface area contributed by atoms with E-state index < -0.39 is 12.0 Å². The molecule has 1 fully saturated rings. The topological polar surface area (TPSA) is 98.7 Å². The molecule has 0 aromatic heterocycles. The SMILES string of the molecule is CC(=O)NCCN(CC(=O)NCC1(c2ccccc2)CC1)C(C)C(=O)O. The Morgan fingerprint density at radius 2 is 1.85 bits per heavy atom. The molecule has 1 aliphatic rings. The second-order valence-electron chi connectivity index (χ2n) is 6.89. The molecule has 0 spiro atoms. The number of carboxylic acids is 1. The highest BCUT2D eigenvalue weighted by Crippen LogP contribution is 2.47. The summed E-state index contributed by atoms with van der Waals surface area (Å²) < 4.78 is 0. The summed E-state index contributed by atoms with van der Waals surface area (Å²) in [5, 5.41) is 14.8. The van der Waals surface area contributed by atoms with Crippen LogP contribution in [0.4, 0.5) is 0 Å². The Morgan fingerprint density at radius 3 is 2.38 bits per heavy atom. The molecule has 7 nitrogen and oxygen atoms in total. The van der Waals surface area contributed by atoms with Gasteiger partial charge in [-0.2, -0.15) is 0 Å². The maximum atomic E-state index is 12.4. The standard InChI is InChI=1S/C19H27N3O4/c1-14(18(25)26)22(11-10-20-15(2)23)12-17(24)21-13-19(8-9-19)16-6-4-3-5-7-16/h3-7,14H,8-13H2,1-2H3,(H,20,23)(H,21,24)(H,25,26). The van der Waals surface area contributed by atoms with Gasteiger partial charge in [-0.05, 0) is 25.3 Å². The molecule has 2 amide bonds. The van der Waals surface area contributed by atoms with Gasteiger partial charge in [0.05, 0.1) is 6.54 Å². The van der Waals surface area contributed by atoms with Crippen LogP contribution in [0.2, 0.25) is 0 Å². The van der Waals surface area contributed by atoms with Crippen LogP contribution in [0.15, 0.2) is 30.3 Å². The van der Waals surface area contributed by atoms with Crippen molar-refractivity contribution in [1.29, 1.82) is 0 Å². The monoisotopic (exact) mass is 361 g/mol. The molecule has 142 valence electrons. The molecule has 1 unspecified atom stereocenters. The quantitative estimate of drug-likeness (QED) is 0.571. The number of benzene rings is 1. The van der Waals surface area contributed by atoms with E-state index in [0.29, 0.717) is 19.6 Å². The molecule has 0 bridgehead atoms. The number of aliphatic carboxylic acids is 1. The summed E-state index contributed by atoms with van der Waals surface area (Å²) >= 11 is 0. The van der Waals surface area contributed by atoms with Crippen molar-refractivity contribution < 1.29 is 19.5 Å². The highest BCUT2D eigenvalue weighted by Gasteiger charge is 2.44. The zero-order valence-electron chi connectivity index (χ0n) is 15.3. The Kier molecular flexibility index (Phi) is 6.74. The molecule has 1 aliphatic carbocycles. The van der Waals surface area contributed by atoms with Gasteiger partial charge in [0, 0.05) is 32.0 Å². The first-order valence-electron chi connectivity index (χ1n) is 8.87. The average molecular weight is 361 g/mol. The van der Waals surface area contributed by atoms with E-state index in [1.807, 2.05) is 18.2 Å². The van der Waals surface area contributed by atoms with Crippen molar-refractivity contribution in [2.24, 2.45) is 0 Å². The second kappa shape index (κ2) is 8.80. The van der Waals surface area contributed by atoms with Gasteiger partial charge in [0.15, 0.2) is 0 Å². The lowest BCUT2D eigenvalue weighted by Crippen LogP contribution is -2.48. The fourth-order valence-corrected chi connectivity index (χ4v) is 2.96. The van der Waals surface area contributed by atoms with E-state index in [1.54, 1.807) is 4.90 Å². The van der Waals surface area contributed by atoms with E-state index in [2.05, 4.69) is 22.8 Å². The second-order valence-corrected chi connectivity index (χ2v) is 6.89. The van der Waals surface area contributed by atoms with Crippen molar-refractivity contribution in [2.75, 3.05) is 26.2 Å². The minimum atomic E-state index is -0.997. The number of nitrogens with zero attached hydrogens (tertiary/aromatic N) is 1. The Bertz CT molecular complexity index is 643. The first-order valence-corrected chi connectivity index (χ1v) is 8.87. The Labute approximate surface area is 153 Å². The van der Waals surface area contributed by atoms with Crippen molar-refractivity contribution in [1.82, 2.24) is 15.5 Å². The molecule has 1 aromatic rings. The Balaban J connectivity index is 1.88. The molecule has 0 saturated heterocycles. The van der Waals surface area contributed by atoms with Crippen LogP contribution in [-0.2, 0) is 19.8 Å². The predicted octanol–water partition coefficient (Wildman–Crippen LogP) is 0.746. The van der Waals surface area contributed by atoms with Crippen molar-refractivity contribution in [2.45, 2.75) is 38.1 Å². The largest absolute Gasteiger partial charge is 0.480 e. The van der Waals surface area contributed by atoms with E-state index in [9.17, 15) is 19.5 Å². The van der Waals surface area contributed by atoms with Gasteiger partial charge in [-0.15, -0.1) is 0 Å². The first-order chi connectivity index (χ1) is 12.3. The molecular formula is C19H27N3O4. The molecule has 2 rings (SSSR count). The lowest BCUT2D eigenvalue weighted by molar-refractivity contribution is -0.143. The maximum Gasteiger partial charge on any atom is 0.320 e. The highest BCUT2D eigenvalue weighted by molar-refractivity contribution is 5.80. The fourth-order valence-electron chi connectivity index (χ4n) is 2.96. The van der Waals surface area contributed by atoms with Crippen LogP contribution in [0.25, 0.3) is 0 Å². The first kappa shape index (κ1) is 19.9. The Hall–Kier alpha value is -2.41. The van der Waals surface area contributed by atoms with Crippen molar-refractivity contribution in [3.63, 3.8) is 0 Å². The maximum absolute atomic E-state index is 12.4. The highest BCUT2D eigenvalue weighted by atomic mass is 16.4. The zero-order valence-corrected chi connectivity index (χ0v) is 15.3. The molecule has 0 aliphatic heterocycles. The van der Waals surface area contributed by atoms with Crippen LogP contribution in [0.3, 0.4) is 0 Å². The molecule has 1 atom stereocenters. The molecular weight excluding hydrogens is 334 g/mol. The van der Waals surface area contributed by atoms with Crippen LogP contribution in [-0.4, -0.2) is 60.0 Å². The molecule has 7 heteroatoms. The van der Waals surface area contributed by atoms with Crippen LogP contribution in [0, 0.1) is 0 Å². The number of amides is 2. The molecule has 1 aromatic carbocycles. The molecule has 1 saturated carbocycles. The van der Waals surface area contributed by atoms with Crippen molar-refractivity contribution >= 4 is 17.8 Å². The third-order valence-electron chi connectivity index (χ3n) is 4.89. The number of rotatable bonds is 10. The lowest BCUT2D eigenvalue weighted by Gasteiger charge is -2.26. The lowest BCUT2D eigenvalue weighted by atomic mass is 9.96. The number of carboxylic acid groups (broad SMARTS) is 1. The zero-order chi connectivity index (χ0) is 19.2. The number of hydrogen-bond acceptors (Lipinski definition) is 4. The number of nitrogens with one attached hydrogen (secondary N) is 2. The number of carbonyl (C=O) groups is 3. The third kappa shape index (κ3) is 5.56. The third-order valence-corrected chi connectivity index (χ3v) is 4.89. The van der Waals surface area contributed by atoms with Crippen molar-refractivity contribution in [3.05, 3.63) is 35.9 Å². The van der Waals surface area contributed by atoms with Crippen molar-refractivity contribution in [3.8, 4) is 0 Å². The number of hydrogen-bond donors (Lipinski definition) is 3. The normalized spacial score (nSPS) is 16.0. The van der Waals surface area contributed by atoms with Gasteiger partial charge in [0.1, 0.15) is 6.04 Å². The van der Waals surface area contributed by atoms with Gasteiger partial charge in [-0.1, -0.05) is 30.3 Å². The summed E-state index contributed by atoms with van der Waals surface area (Å²) in [6.07, 6.45) is 2.07. The van der Waals surface area contributed by atoms with Crippen LogP contribution < -0.4 is 10.6 Å². The van der Waals surface area contributed by atoms with Crippen LogP contribution >= 0.6 is 0 Å². The average Bonchev–Trinajstić information content (AvgIpc) is 3.40. The molecule has 0 heterocycles. The van der Waals surface area contributed by atoms with Gasteiger partial charge < -0.3 is 15.7 Å². The molecule has 3 N–H and O–H groups in total. The summed E-state index contributed by atoms with van der Waals surface area (Å²) in [5.74, 6) is -1.39. The van der Waals surface area contributed by atoms with Gasteiger partial charge in [0.2, 0.25) is 11.8 Å². The minimum absolute atomic E-state index is 0.0103. The molecule has 26 heavy (non-hydrogen) atoms. The predicted molar refractivity (Wildman–Crippen MR) is 97.7 cm³/mol. The van der Waals surface area contributed by atoms with E-state index in [0.717, 1.165) is 12.8 Å². The smallest absolute Gasteiger partial charge is 0.320 e. The van der Waals surface area contributed by atoms with E-state index >= 15 is 0 Å². The number of carbonyl (C=O) groups excluding carboxylic acids is 2. The summed E-state index contributed by atoms with van der Waals surface area (Å²) in [6.45, 7) is 4.07. The Morgan fingerprint density at radius 1 is 1.19 bits per heavy atom. The van der Waals surface area contributed by atoms with E-state index in [1.165, 1.54) is 19.4 Å². The van der Waals surface area contributed by atoms with Gasteiger partial charge >= 0.3 is 5.97 Å². The van der Waals surface area contributed by atoms with E-state index in [-0.39, 0.29) is 23.8 Å². The van der Waals surface area contributed by atoms with Crippen LogP contribution in [0.5, 0.6) is 0 Å². The molecule has 0 radical (unpaired) electrons. The summed E-state index contributed by atoms with van der Waals surface area (Å²) in [6, 6.07) is 9.30. The van der Waals surface area contributed by atoms with Gasteiger partial charge in [0.25, 0.3) is 0 Å². The summed E-state index contributed by atoms with van der Waals surface area (Å²) in [7, 11) is 0. The van der Waals surface area contributed by atoms with Gasteiger partial charge in [-0.25, -0.2) is 0 Å². The summed E-state index contributed by atoms with van der Waals surface area (Å²) in [4.78, 5) is 36.2. The van der Waals surface area contributed by atoms with E-state index in [4.69, 9.17) is 0 Å². The van der Waals surface area contributed by atoms with Gasteiger partial charge in [-0.3, -0.25) is 19.3 Å².